The maximum Gasteiger partial charge on any atom is 0.315 e. The summed E-state index contributed by atoms with van der Waals surface area (Å²) in [7, 11) is 0. The van der Waals surface area contributed by atoms with E-state index in [4.69, 9.17) is 0 Å². The minimum Gasteiger partial charge on any atom is -0.394 e. The summed E-state index contributed by atoms with van der Waals surface area (Å²) in [5.41, 5.74) is 3.65. The molecule has 1 heterocycles. The molecule has 6 nitrogen and oxygen atoms in total. The first-order chi connectivity index (χ1) is 10.1. The van der Waals surface area contributed by atoms with Gasteiger partial charge in [-0.2, -0.15) is 5.10 Å². The number of nitrogens with zero attached hydrogens (tertiary/aromatic N) is 1. The number of amides is 2. The SMILES string of the molecule is Cc1n[nH]c(C)c1CNC(=O)NC(CO)c1ccccc1. The first-order valence-corrected chi connectivity index (χ1v) is 6.82. The number of aryl methyl sites for hydroxylation is 2. The summed E-state index contributed by atoms with van der Waals surface area (Å²) >= 11 is 0. The van der Waals surface area contributed by atoms with Gasteiger partial charge in [0.2, 0.25) is 0 Å². The number of aliphatic hydroxyl groups is 1. The zero-order valence-corrected chi connectivity index (χ0v) is 12.2. The number of benzene rings is 1. The number of aliphatic hydroxyl groups excluding tert-OH is 1. The first kappa shape index (κ1) is 15.1. The molecule has 1 atom stereocenters. The lowest BCUT2D eigenvalue weighted by molar-refractivity contribution is 0.216. The van der Waals surface area contributed by atoms with E-state index in [1.165, 1.54) is 0 Å². The number of aromatic nitrogens is 2. The summed E-state index contributed by atoms with van der Waals surface area (Å²) in [4.78, 5) is 11.9. The molecule has 4 N–H and O–H groups in total. The molecular formula is C15H20N4O2. The predicted octanol–water partition coefficient (Wildman–Crippen LogP) is 1.56. The fourth-order valence-corrected chi connectivity index (χ4v) is 2.13. The lowest BCUT2D eigenvalue weighted by Gasteiger charge is -2.17. The molecule has 0 fully saturated rings. The molecule has 0 bridgehead atoms. The monoisotopic (exact) mass is 288 g/mol. The Kier molecular flexibility index (Phi) is 4.94. The van der Waals surface area contributed by atoms with Crippen LogP contribution in [0.2, 0.25) is 0 Å². The third-order valence-corrected chi connectivity index (χ3v) is 3.40. The van der Waals surface area contributed by atoms with Crippen LogP contribution in [0.25, 0.3) is 0 Å². The second-order valence-electron chi connectivity index (χ2n) is 4.89. The maximum atomic E-state index is 11.9. The van der Waals surface area contributed by atoms with E-state index in [1.54, 1.807) is 0 Å². The lowest BCUT2D eigenvalue weighted by atomic mass is 10.1. The molecule has 1 aromatic carbocycles. The molecule has 0 aliphatic heterocycles. The van der Waals surface area contributed by atoms with Crippen molar-refractivity contribution >= 4 is 6.03 Å². The van der Waals surface area contributed by atoms with Gasteiger partial charge in [0.05, 0.1) is 18.3 Å². The quantitative estimate of drug-likeness (QED) is 0.673. The summed E-state index contributed by atoms with van der Waals surface area (Å²) in [5.74, 6) is 0. The van der Waals surface area contributed by atoms with Crippen LogP contribution < -0.4 is 10.6 Å². The summed E-state index contributed by atoms with van der Waals surface area (Å²) in [6.07, 6.45) is 0. The molecule has 0 saturated heterocycles. The molecule has 21 heavy (non-hydrogen) atoms. The summed E-state index contributed by atoms with van der Waals surface area (Å²) in [6.45, 7) is 4.04. The first-order valence-electron chi connectivity index (χ1n) is 6.82. The lowest BCUT2D eigenvalue weighted by Crippen LogP contribution is -2.39. The van der Waals surface area contributed by atoms with Gasteiger partial charge >= 0.3 is 6.03 Å². The normalized spacial score (nSPS) is 12.0. The Labute approximate surface area is 123 Å². The van der Waals surface area contributed by atoms with Crippen LogP contribution in [0.15, 0.2) is 30.3 Å². The van der Waals surface area contributed by atoms with Crippen molar-refractivity contribution in [3.05, 3.63) is 52.8 Å². The van der Waals surface area contributed by atoms with Gasteiger partial charge in [0.1, 0.15) is 0 Å². The van der Waals surface area contributed by atoms with Crippen molar-refractivity contribution in [1.29, 1.82) is 0 Å². The van der Waals surface area contributed by atoms with Crippen molar-refractivity contribution in [1.82, 2.24) is 20.8 Å². The zero-order chi connectivity index (χ0) is 15.2. The molecule has 112 valence electrons. The van der Waals surface area contributed by atoms with Gasteiger partial charge in [-0.05, 0) is 19.4 Å². The number of hydrogen-bond donors (Lipinski definition) is 4. The van der Waals surface area contributed by atoms with Crippen molar-refractivity contribution in [3.63, 3.8) is 0 Å². The van der Waals surface area contributed by atoms with Gasteiger partial charge in [-0.1, -0.05) is 30.3 Å². The fraction of sp³-hybridized carbons (Fsp3) is 0.333. The number of hydrogen-bond acceptors (Lipinski definition) is 3. The Balaban J connectivity index is 1.92. The molecule has 0 spiro atoms. The van der Waals surface area contributed by atoms with Gasteiger partial charge in [0, 0.05) is 17.8 Å². The van der Waals surface area contributed by atoms with E-state index >= 15 is 0 Å². The highest BCUT2D eigenvalue weighted by Gasteiger charge is 2.14. The Morgan fingerprint density at radius 1 is 1.33 bits per heavy atom. The van der Waals surface area contributed by atoms with Crippen LogP contribution in [0.5, 0.6) is 0 Å². The number of H-pyrrole nitrogens is 1. The average Bonchev–Trinajstić information content (AvgIpc) is 2.82. The molecule has 1 aromatic heterocycles. The molecule has 2 rings (SSSR count). The van der Waals surface area contributed by atoms with E-state index < -0.39 is 6.04 Å². The van der Waals surface area contributed by atoms with Crippen LogP contribution in [0.4, 0.5) is 4.79 Å². The van der Waals surface area contributed by atoms with Crippen molar-refractivity contribution < 1.29 is 9.90 Å². The smallest absolute Gasteiger partial charge is 0.315 e. The third-order valence-electron chi connectivity index (χ3n) is 3.40. The number of urea groups is 1. The third kappa shape index (κ3) is 3.82. The fourth-order valence-electron chi connectivity index (χ4n) is 2.13. The average molecular weight is 288 g/mol. The van der Waals surface area contributed by atoms with Gasteiger partial charge in [-0.15, -0.1) is 0 Å². The van der Waals surface area contributed by atoms with E-state index in [0.29, 0.717) is 6.54 Å². The Morgan fingerprint density at radius 2 is 2.05 bits per heavy atom. The minimum absolute atomic E-state index is 0.152. The highest BCUT2D eigenvalue weighted by atomic mass is 16.3. The predicted molar refractivity (Wildman–Crippen MR) is 79.7 cm³/mol. The summed E-state index contributed by atoms with van der Waals surface area (Å²) in [5, 5.41) is 21.9. The number of nitrogens with one attached hydrogen (secondary N) is 3. The standard InChI is InChI=1S/C15H20N4O2/c1-10-13(11(2)19-18-10)8-16-15(21)17-14(9-20)12-6-4-3-5-7-12/h3-7,14,20H,8-9H2,1-2H3,(H,18,19)(H2,16,17,21). The van der Waals surface area contributed by atoms with E-state index in [0.717, 1.165) is 22.5 Å². The van der Waals surface area contributed by atoms with Crippen LogP contribution in [-0.4, -0.2) is 27.9 Å². The van der Waals surface area contributed by atoms with E-state index in [2.05, 4.69) is 20.8 Å². The van der Waals surface area contributed by atoms with Crippen LogP contribution in [-0.2, 0) is 6.54 Å². The minimum atomic E-state index is -0.419. The van der Waals surface area contributed by atoms with E-state index in [9.17, 15) is 9.90 Å². The largest absolute Gasteiger partial charge is 0.394 e. The van der Waals surface area contributed by atoms with Crippen LogP contribution in [0.1, 0.15) is 28.6 Å². The van der Waals surface area contributed by atoms with Gasteiger partial charge in [-0.3, -0.25) is 5.10 Å². The van der Waals surface area contributed by atoms with Crippen molar-refractivity contribution in [3.8, 4) is 0 Å². The molecule has 0 aliphatic carbocycles. The Bertz CT molecular complexity index is 575. The molecule has 2 amide bonds. The number of rotatable bonds is 5. The van der Waals surface area contributed by atoms with E-state index in [1.807, 2.05) is 44.2 Å². The molecule has 0 aliphatic rings. The van der Waals surface area contributed by atoms with Gasteiger partial charge in [0.15, 0.2) is 0 Å². The highest BCUT2D eigenvalue weighted by Crippen LogP contribution is 2.12. The topological polar surface area (TPSA) is 90.0 Å². The van der Waals surface area contributed by atoms with Crippen LogP contribution >= 0.6 is 0 Å². The molecule has 1 unspecified atom stereocenters. The number of carbonyl (C=O) groups is 1. The van der Waals surface area contributed by atoms with Gasteiger partial charge in [0.25, 0.3) is 0 Å². The molecule has 2 aromatic rings. The molecule has 0 radical (unpaired) electrons. The maximum absolute atomic E-state index is 11.9. The number of carbonyl (C=O) groups excluding carboxylic acids is 1. The van der Waals surface area contributed by atoms with Crippen LogP contribution in [0.3, 0.4) is 0 Å². The zero-order valence-electron chi connectivity index (χ0n) is 12.2. The van der Waals surface area contributed by atoms with E-state index in [-0.39, 0.29) is 12.6 Å². The van der Waals surface area contributed by atoms with Gasteiger partial charge in [-0.25, -0.2) is 4.79 Å². The Hall–Kier alpha value is -2.34. The second-order valence-corrected chi connectivity index (χ2v) is 4.89. The molecular weight excluding hydrogens is 268 g/mol. The summed E-state index contributed by atoms with van der Waals surface area (Å²) < 4.78 is 0. The van der Waals surface area contributed by atoms with Crippen molar-refractivity contribution in [2.45, 2.75) is 26.4 Å². The van der Waals surface area contributed by atoms with Crippen molar-refractivity contribution in [2.75, 3.05) is 6.61 Å². The van der Waals surface area contributed by atoms with Crippen LogP contribution in [0, 0.1) is 13.8 Å². The highest BCUT2D eigenvalue weighted by molar-refractivity contribution is 5.74. The molecule has 6 heteroatoms. The summed E-state index contributed by atoms with van der Waals surface area (Å²) in [6, 6.07) is 8.63. The van der Waals surface area contributed by atoms with Gasteiger partial charge < -0.3 is 15.7 Å². The molecule has 0 saturated carbocycles. The Morgan fingerprint density at radius 3 is 2.62 bits per heavy atom. The van der Waals surface area contributed by atoms with Crippen molar-refractivity contribution in [2.24, 2.45) is 0 Å². The second kappa shape index (κ2) is 6.90. The number of aromatic amines is 1.